The van der Waals surface area contributed by atoms with Crippen molar-refractivity contribution >= 4 is 16.8 Å². The predicted octanol–water partition coefficient (Wildman–Crippen LogP) is 2.49. The van der Waals surface area contributed by atoms with Gasteiger partial charge >= 0.3 is 0 Å². The number of aliphatic hydroxyl groups excluding tert-OH is 1. The summed E-state index contributed by atoms with van der Waals surface area (Å²) in [6, 6.07) is 8.28. The Kier molecular flexibility index (Phi) is 6.16. The van der Waals surface area contributed by atoms with Crippen LogP contribution < -0.4 is 5.32 Å². The van der Waals surface area contributed by atoms with Crippen molar-refractivity contribution in [1.82, 2.24) is 25.4 Å². The van der Waals surface area contributed by atoms with Crippen molar-refractivity contribution in [3.63, 3.8) is 0 Å². The lowest BCUT2D eigenvalue weighted by Gasteiger charge is -2.29. The first-order chi connectivity index (χ1) is 15.7. The quantitative estimate of drug-likeness (QED) is 0.569. The van der Waals surface area contributed by atoms with Crippen LogP contribution in [0.25, 0.3) is 22.0 Å². The summed E-state index contributed by atoms with van der Waals surface area (Å²) in [4.78, 5) is 19.7. The predicted molar refractivity (Wildman–Crippen MR) is 121 cm³/mol. The molecule has 0 radical (unpaired) electrons. The number of carbonyl (C=O) groups excluding carboxylic acids is 1. The van der Waals surface area contributed by atoms with Crippen molar-refractivity contribution in [3.8, 4) is 11.1 Å². The number of piperidine rings is 1. The smallest absolute Gasteiger partial charge is 0.272 e. The van der Waals surface area contributed by atoms with Crippen molar-refractivity contribution in [2.45, 2.75) is 44.4 Å². The minimum Gasteiger partial charge on any atom is -0.393 e. The molecule has 2 aliphatic rings. The van der Waals surface area contributed by atoms with Crippen LogP contribution in [0.4, 0.5) is 0 Å². The highest BCUT2D eigenvalue weighted by Crippen LogP contribution is 2.26. The zero-order valence-electron chi connectivity index (χ0n) is 18.1. The van der Waals surface area contributed by atoms with Gasteiger partial charge in [0.15, 0.2) is 5.69 Å². The maximum Gasteiger partial charge on any atom is 0.272 e. The molecular formula is C24H29N5O3. The number of amides is 1. The fraction of sp³-hybridized carbons (Fsp3) is 0.458. The number of carbonyl (C=O) groups is 1. The van der Waals surface area contributed by atoms with E-state index < -0.39 is 0 Å². The number of aromatic nitrogens is 3. The number of pyridine rings is 1. The van der Waals surface area contributed by atoms with E-state index in [4.69, 9.17) is 4.74 Å². The van der Waals surface area contributed by atoms with Gasteiger partial charge < -0.3 is 15.2 Å². The number of hydrogen-bond donors (Lipinski definition) is 3. The van der Waals surface area contributed by atoms with Gasteiger partial charge in [-0.3, -0.25) is 19.8 Å². The van der Waals surface area contributed by atoms with Crippen molar-refractivity contribution in [2.24, 2.45) is 0 Å². The molecule has 0 spiro atoms. The fourth-order valence-corrected chi connectivity index (χ4v) is 4.53. The normalized spacial score (nSPS) is 18.8. The first kappa shape index (κ1) is 21.1. The molecule has 8 nitrogen and oxygen atoms in total. The molecule has 2 fully saturated rings. The number of hydrogen-bond acceptors (Lipinski definition) is 6. The summed E-state index contributed by atoms with van der Waals surface area (Å²) in [5.41, 5.74) is 4.41. The van der Waals surface area contributed by atoms with Crippen LogP contribution in [0.1, 0.15) is 41.7 Å². The minimum absolute atomic E-state index is 0.128. The van der Waals surface area contributed by atoms with Crippen LogP contribution in [-0.4, -0.2) is 69.5 Å². The summed E-state index contributed by atoms with van der Waals surface area (Å²) in [7, 11) is 0. The van der Waals surface area contributed by atoms with E-state index in [-0.39, 0.29) is 18.1 Å². The molecule has 2 aromatic heterocycles. The van der Waals surface area contributed by atoms with Crippen LogP contribution in [0.5, 0.6) is 0 Å². The maximum absolute atomic E-state index is 12.9. The number of rotatable bonds is 5. The van der Waals surface area contributed by atoms with E-state index in [1.54, 1.807) is 0 Å². The standard InChI is InChI=1S/C24H29N5O3/c30-20-3-7-29(8-4-20)15-16-11-18(14-25-13-16)17-1-2-22-21(12-17)23(28-27-22)24(31)26-19-5-9-32-10-6-19/h1-2,11-14,19-20,30H,3-10,15H2,(H,26,31)(H,27,28). The van der Waals surface area contributed by atoms with Crippen molar-refractivity contribution in [3.05, 3.63) is 47.9 Å². The number of H-pyrrole nitrogens is 1. The van der Waals surface area contributed by atoms with Gasteiger partial charge in [0.2, 0.25) is 0 Å². The molecule has 3 N–H and O–H groups in total. The second kappa shape index (κ2) is 9.36. The summed E-state index contributed by atoms with van der Waals surface area (Å²) >= 11 is 0. The lowest BCUT2D eigenvalue weighted by Crippen LogP contribution is -2.39. The van der Waals surface area contributed by atoms with Gasteiger partial charge in [0.25, 0.3) is 5.91 Å². The van der Waals surface area contributed by atoms with Crippen LogP contribution >= 0.6 is 0 Å². The zero-order valence-corrected chi connectivity index (χ0v) is 18.1. The molecule has 0 saturated carbocycles. The largest absolute Gasteiger partial charge is 0.393 e. The highest BCUT2D eigenvalue weighted by atomic mass is 16.5. The second-order valence-corrected chi connectivity index (χ2v) is 8.78. The molecule has 0 bridgehead atoms. The molecule has 0 aliphatic carbocycles. The number of benzene rings is 1. The van der Waals surface area contributed by atoms with Gasteiger partial charge in [0.1, 0.15) is 0 Å². The Morgan fingerprint density at radius 2 is 1.94 bits per heavy atom. The summed E-state index contributed by atoms with van der Waals surface area (Å²) < 4.78 is 5.38. The van der Waals surface area contributed by atoms with E-state index in [0.717, 1.165) is 72.9 Å². The maximum atomic E-state index is 12.9. The second-order valence-electron chi connectivity index (χ2n) is 8.78. The Bertz CT molecular complexity index is 1080. The van der Waals surface area contributed by atoms with Crippen LogP contribution in [0.2, 0.25) is 0 Å². The van der Waals surface area contributed by atoms with Gasteiger partial charge in [-0.1, -0.05) is 6.07 Å². The van der Waals surface area contributed by atoms with E-state index in [9.17, 15) is 9.90 Å². The van der Waals surface area contributed by atoms with E-state index in [1.807, 2.05) is 30.6 Å². The Morgan fingerprint density at radius 3 is 2.75 bits per heavy atom. The summed E-state index contributed by atoms with van der Waals surface area (Å²) in [6.07, 6.45) is 6.88. The molecule has 0 atom stereocenters. The van der Waals surface area contributed by atoms with Gasteiger partial charge in [0.05, 0.1) is 11.6 Å². The number of likely N-dealkylation sites (tertiary alicyclic amines) is 1. The number of aliphatic hydroxyl groups is 1. The Hall–Kier alpha value is -2.81. The molecule has 8 heteroatoms. The van der Waals surface area contributed by atoms with Crippen LogP contribution in [0, 0.1) is 0 Å². The van der Waals surface area contributed by atoms with Crippen molar-refractivity contribution in [1.29, 1.82) is 0 Å². The van der Waals surface area contributed by atoms with E-state index in [1.165, 1.54) is 0 Å². The number of nitrogens with one attached hydrogen (secondary N) is 2. The monoisotopic (exact) mass is 435 g/mol. The first-order valence-corrected chi connectivity index (χ1v) is 11.4. The van der Waals surface area contributed by atoms with Crippen LogP contribution in [0.3, 0.4) is 0 Å². The SMILES string of the molecule is O=C(NC1CCOCC1)c1n[nH]c2ccc(-c3cncc(CN4CCC(O)CC4)c3)cc12. The van der Waals surface area contributed by atoms with Crippen LogP contribution in [-0.2, 0) is 11.3 Å². The van der Waals surface area contributed by atoms with Gasteiger partial charge in [-0.25, -0.2) is 0 Å². The third-order valence-corrected chi connectivity index (χ3v) is 6.43. The highest BCUT2D eigenvalue weighted by Gasteiger charge is 2.21. The van der Waals surface area contributed by atoms with Gasteiger partial charge in [0, 0.05) is 62.2 Å². The average Bonchev–Trinajstić information content (AvgIpc) is 3.25. The third-order valence-electron chi connectivity index (χ3n) is 6.43. The lowest BCUT2D eigenvalue weighted by atomic mass is 10.0. The zero-order chi connectivity index (χ0) is 21.9. The molecule has 4 heterocycles. The van der Waals surface area contributed by atoms with E-state index in [0.29, 0.717) is 18.9 Å². The Labute approximate surface area is 187 Å². The van der Waals surface area contributed by atoms with Gasteiger partial charge in [-0.05, 0) is 55.0 Å². The molecule has 2 aliphatic heterocycles. The average molecular weight is 436 g/mol. The minimum atomic E-state index is -0.171. The molecule has 1 amide bonds. The summed E-state index contributed by atoms with van der Waals surface area (Å²) in [5.74, 6) is -0.153. The van der Waals surface area contributed by atoms with Gasteiger partial charge in [-0.15, -0.1) is 0 Å². The lowest BCUT2D eigenvalue weighted by molar-refractivity contribution is 0.0695. The first-order valence-electron chi connectivity index (χ1n) is 11.4. The molecule has 3 aromatic rings. The highest BCUT2D eigenvalue weighted by molar-refractivity contribution is 6.05. The molecule has 1 aromatic carbocycles. The molecule has 2 saturated heterocycles. The van der Waals surface area contributed by atoms with Crippen molar-refractivity contribution in [2.75, 3.05) is 26.3 Å². The molecular weight excluding hydrogens is 406 g/mol. The number of fused-ring (bicyclic) bond motifs is 1. The van der Waals surface area contributed by atoms with Crippen LogP contribution in [0.15, 0.2) is 36.7 Å². The van der Waals surface area contributed by atoms with Gasteiger partial charge in [-0.2, -0.15) is 5.10 Å². The molecule has 5 rings (SSSR count). The molecule has 0 unspecified atom stereocenters. The fourth-order valence-electron chi connectivity index (χ4n) is 4.53. The Balaban J connectivity index is 1.35. The number of aromatic amines is 1. The topological polar surface area (TPSA) is 103 Å². The summed E-state index contributed by atoms with van der Waals surface area (Å²) in [6.45, 7) is 3.98. The Morgan fingerprint density at radius 1 is 1.12 bits per heavy atom. The molecule has 168 valence electrons. The molecule has 32 heavy (non-hydrogen) atoms. The number of nitrogens with zero attached hydrogens (tertiary/aromatic N) is 3. The third kappa shape index (κ3) is 4.67. The van der Waals surface area contributed by atoms with E-state index in [2.05, 4.69) is 31.5 Å². The van der Waals surface area contributed by atoms with Crippen molar-refractivity contribution < 1.29 is 14.6 Å². The number of ether oxygens (including phenoxy) is 1. The van der Waals surface area contributed by atoms with E-state index >= 15 is 0 Å². The summed E-state index contributed by atoms with van der Waals surface area (Å²) in [5, 5.41) is 20.9.